The minimum absolute atomic E-state index is 0.120. The largest absolute Gasteiger partial charge is 0.480 e. The lowest BCUT2D eigenvalue weighted by atomic mass is 10.2. The number of ether oxygens (including phenoxy) is 2. The number of carboxylic acids is 1. The predicted octanol–water partition coefficient (Wildman–Crippen LogP) is 0.473. The lowest BCUT2D eigenvalue weighted by Crippen LogP contribution is -2.31. The summed E-state index contributed by atoms with van der Waals surface area (Å²) in [6.45, 7) is 1.96. The number of aliphatic carboxylic acids is 1. The van der Waals surface area contributed by atoms with Gasteiger partial charge >= 0.3 is 11.9 Å². The van der Waals surface area contributed by atoms with E-state index in [1.165, 1.54) is 14.2 Å². The van der Waals surface area contributed by atoms with E-state index in [1.54, 1.807) is 13.0 Å². The highest BCUT2D eigenvalue weighted by Crippen LogP contribution is 2.10. The molecule has 0 saturated carbocycles. The van der Waals surface area contributed by atoms with Crippen LogP contribution in [-0.2, 0) is 14.3 Å². The molecule has 0 radical (unpaired) electrons. The molecule has 2 N–H and O–H groups in total. The highest BCUT2D eigenvalue weighted by atomic mass is 16.5. The molecule has 20 heavy (non-hydrogen) atoms. The van der Waals surface area contributed by atoms with Crippen molar-refractivity contribution in [2.24, 2.45) is 0 Å². The van der Waals surface area contributed by atoms with Crippen molar-refractivity contribution in [2.45, 2.75) is 19.4 Å². The maximum atomic E-state index is 11.4. The number of hydrogen-bond acceptors (Lipinski definition) is 7. The lowest BCUT2D eigenvalue weighted by molar-refractivity contribution is -0.138. The van der Waals surface area contributed by atoms with Crippen LogP contribution >= 0.6 is 0 Å². The summed E-state index contributed by atoms with van der Waals surface area (Å²) >= 11 is 0. The van der Waals surface area contributed by atoms with Crippen molar-refractivity contribution in [3.63, 3.8) is 0 Å². The van der Waals surface area contributed by atoms with Crippen molar-refractivity contribution in [2.75, 3.05) is 26.1 Å². The number of nitrogens with one attached hydrogen (secondary N) is 1. The van der Waals surface area contributed by atoms with E-state index in [1.807, 2.05) is 0 Å². The summed E-state index contributed by atoms with van der Waals surface area (Å²) in [6, 6.07) is 0.685. The number of esters is 1. The molecule has 0 aliphatic rings. The van der Waals surface area contributed by atoms with E-state index >= 15 is 0 Å². The molecule has 1 unspecified atom stereocenters. The molecule has 1 aromatic rings. The molecule has 110 valence electrons. The number of rotatable bonds is 7. The second kappa shape index (κ2) is 7.39. The number of anilines is 1. The molecular weight excluding hydrogens is 266 g/mol. The number of hydrogen-bond donors (Lipinski definition) is 2. The van der Waals surface area contributed by atoms with E-state index in [9.17, 15) is 9.59 Å². The maximum absolute atomic E-state index is 11.4. The minimum atomic E-state index is -1.03. The van der Waals surface area contributed by atoms with Crippen LogP contribution in [0.4, 0.5) is 5.82 Å². The van der Waals surface area contributed by atoms with E-state index in [-0.39, 0.29) is 24.7 Å². The van der Waals surface area contributed by atoms with Crippen LogP contribution in [0.2, 0.25) is 0 Å². The monoisotopic (exact) mass is 283 g/mol. The Balaban J connectivity index is 2.91. The smallest absolute Gasteiger partial charge is 0.376 e. The number of aryl methyl sites for hydroxylation is 1. The fourth-order valence-electron chi connectivity index (χ4n) is 1.50. The molecule has 0 amide bonds. The Hall–Kier alpha value is -2.22. The van der Waals surface area contributed by atoms with Crippen molar-refractivity contribution in [3.8, 4) is 0 Å². The van der Waals surface area contributed by atoms with Crippen LogP contribution in [0.5, 0.6) is 0 Å². The zero-order valence-corrected chi connectivity index (χ0v) is 11.5. The van der Waals surface area contributed by atoms with Gasteiger partial charge in [0.05, 0.1) is 7.11 Å². The van der Waals surface area contributed by atoms with Gasteiger partial charge in [-0.15, -0.1) is 0 Å². The summed E-state index contributed by atoms with van der Waals surface area (Å²) in [5, 5.41) is 11.8. The molecule has 1 rings (SSSR count). The van der Waals surface area contributed by atoms with E-state index in [0.29, 0.717) is 5.69 Å². The summed E-state index contributed by atoms with van der Waals surface area (Å²) in [6.07, 6.45) is 0.266. The van der Waals surface area contributed by atoms with Crippen LogP contribution in [0.3, 0.4) is 0 Å². The summed E-state index contributed by atoms with van der Waals surface area (Å²) in [5.74, 6) is -1.58. The number of nitrogens with zero attached hydrogens (tertiary/aromatic N) is 2. The molecular formula is C12H17N3O5. The number of carbonyl (C=O) groups is 2. The molecule has 1 atom stereocenters. The maximum Gasteiger partial charge on any atom is 0.376 e. The van der Waals surface area contributed by atoms with Gasteiger partial charge in [0, 0.05) is 31.9 Å². The van der Waals surface area contributed by atoms with Crippen LogP contribution in [0.1, 0.15) is 22.7 Å². The van der Waals surface area contributed by atoms with E-state index in [2.05, 4.69) is 20.0 Å². The summed E-state index contributed by atoms with van der Waals surface area (Å²) < 4.78 is 9.39. The van der Waals surface area contributed by atoms with Gasteiger partial charge in [-0.3, -0.25) is 0 Å². The van der Waals surface area contributed by atoms with Crippen molar-refractivity contribution >= 4 is 17.8 Å². The average molecular weight is 283 g/mol. The third-order valence-electron chi connectivity index (χ3n) is 2.45. The van der Waals surface area contributed by atoms with Gasteiger partial charge in [-0.05, 0) is 6.92 Å². The molecule has 0 aromatic carbocycles. The van der Waals surface area contributed by atoms with Gasteiger partial charge < -0.3 is 19.9 Å². The Kier molecular flexibility index (Phi) is 5.85. The van der Waals surface area contributed by atoms with Crippen LogP contribution < -0.4 is 5.32 Å². The fraction of sp³-hybridized carbons (Fsp3) is 0.500. The number of aromatic nitrogens is 2. The lowest BCUT2D eigenvalue weighted by Gasteiger charge is -2.15. The molecule has 0 saturated heterocycles. The van der Waals surface area contributed by atoms with Crippen LogP contribution in [-0.4, -0.2) is 53.9 Å². The van der Waals surface area contributed by atoms with Gasteiger partial charge in [-0.25, -0.2) is 19.6 Å². The Labute approximate surface area is 116 Å². The molecule has 1 aromatic heterocycles. The van der Waals surface area contributed by atoms with Crippen molar-refractivity contribution in [1.82, 2.24) is 9.97 Å². The zero-order valence-electron chi connectivity index (χ0n) is 11.5. The number of methoxy groups -OCH3 is 2. The minimum Gasteiger partial charge on any atom is -0.480 e. The van der Waals surface area contributed by atoms with Gasteiger partial charge in [-0.1, -0.05) is 0 Å². The molecule has 0 fully saturated rings. The summed E-state index contributed by atoms with van der Waals surface area (Å²) in [4.78, 5) is 30.4. The summed E-state index contributed by atoms with van der Waals surface area (Å²) in [7, 11) is 2.71. The average Bonchev–Trinajstić information content (AvgIpc) is 2.41. The predicted molar refractivity (Wildman–Crippen MR) is 69.6 cm³/mol. The first-order valence-corrected chi connectivity index (χ1v) is 5.90. The highest BCUT2D eigenvalue weighted by molar-refractivity contribution is 5.85. The van der Waals surface area contributed by atoms with Gasteiger partial charge in [0.1, 0.15) is 11.9 Å². The molecule has 0 bridgehead atoms. The standard InChI is InChI=1S/C12H17N3O5/c1-7-6-9(15-10(13-7)12(18)20-3)14-8(11(16)17)4-5-19-2/h6,8H,4-5H2,1-3H3,(H,16,17)(H,13,14,15). The Morgan fingerprint density at radius 3 is 2.65 bits per heavy atom. The highest BCUT2D eigenvalue weighted by Gasteiger charge is 2.19. The third kappa shape index (κ3) is 4.47. The first kappa shape index (κ1) is 15.8. The summed E-state index contributed by atoms with van der Waals surface area (Å²) in [5.41, 5.74) is 0.527. The Bertz CT molecular complexity index is 492. The third-order valence-corrected chi connectivity index (χ3v) is 2.45. The quantitative estimate of drug-likeness (QED) is 0.695. The van der Waals surface area contributed by atoms with Crippen LogP contribution in [0.25, 0.3) is 0 Å². The van der Waals surface area contributed by atoms with Gasteiger partial charge in [0.25, 0.3) is 0 Å². The second-order valence-electron chi connectivity index (χ2n) is 4.03. The first-order chi connectivity index (χ1) is 9.47. The molecule has 0 spiro atoms. The normalized spacial score (nSPS) is 11.8. The van der Waals surface area contributed by atoms with Crippen molar-refractivity contribution in [1.29, 1.82) is 0 Å². The molecule has 8 heteroatoms. The van der Waals surface area contributed by atoms with E-state index < -0.39 is 18.0 Å². The van der Waals surface area contributed by atoms with E-state index in [4.69, 9.17) is 9.84 Å². The molecule has 0 aliphatic heterocycles. The van der Waals surface area contributed by atoms with Gasteiger partial charge in [0.15, 0.2) is 0 Å². The van der Waals surface area contributed by atoms with Crippen molar-refractivity contribution in [3.05, 3.63) is 17.6 Å². The fourth-order valence-corrected chi connectivity index (χ4v) is 1.50. The van der Waals surface area contributed by atoms with Crippen LogP contribution in [0.15, 0.2) is 6.07 Å². The zero-order chi connectivity index (χ0) is 15.1. The number of carboxylic acid groups (broad SMARTS) is 1. The molecule has 8 nitrogen and oxygen atoms in total. The first-order valence-electron chi connectivity index (χ1n) is 5.90. The van der Waals surface area contributed by atoms with E-state index in [0.717, 1.165) is 0 Å². The Morgan fingerprint density at radius 2 is 2.10 bits per heavy atom. The van der Waals surface area contributed by atoms with Crippen molar-refractivity contribution < 1.29 is 24.2 Å². The molecule has 0 aliphatic carbocycles. The second-order valence-corrected chi connectivity index (χ2v) is 4.03. The number of carbonyl (C=O) groups excluding carboxylic acids is 1. The van der Waals surface area contributed by atoms with Gasteiger partial charge in [-0.2, -0.15) is 0 Å². The molecule has 1 heterocycles. The topological polar surface area (TPSA) is 111 Å². The SMILES string of the molecule is COCCC(Nc1cc(C)nc(C(=O)OC)n1)C(=O)O. The van der Waals surface area contributed by atoms with Crippen LogP contribution in [0, 0.1) is 6.92 Å². The Morgan fingerprint density at radius 1 is 1.40 bits per heavy atom. The van der Waals surface area contributed by atoms with Gasteiger partial charge in [0.2, 0.25) is 5.82 Å².